The van der Waals surface area contributed by atoms with Crippen molar-refractivity contribution in [2.45, 2.75) is 109 Å². The van der Waals surface area contributed by atoms with Gasteiger partial charge in [0.05, 0.1) is 12.2 Å². The summed E-state index contributed by atoms with van der Waals surface area (Å²) in [7, 11) is 0. The number of carboxylic acids is 1. The predicted octanol–water partition coefficient (Wildman–Crippen LogP) is 4.29. The van der Waals surface area contributed by atoms with E-state index in [-0.39, 0.29) is 24.7 Å². The molecule has 0 spiro atoms. The fraction of sp³-hybridized carbons (Fsp3) is 0.944. The number of rotatable bonds is 15. The molecule has 1 heterocycles. The van der Waals surface area contributed by atoms with Crippen LogP contribution in [-0.4, -0.2) is 34.5 Å². The molecule has 0 aromatic carbocycles. The van der Waals surface area contributed by atoms with Gasteiger partial charge in [0.15, 0.2) is 0 Å². The fourth-order valence-corrected chi connectivity index (χ4v) is 3.00. The largest absolute Gasteiger partial charge is 0.481 e. The minimum absolute atomic E-state index is 0.0645. The van der Waals surface area contributed by atoms with Crippen LogP contribution in [0.25, 0.3) is 0 Å². The number of hydrogen-bond acceptors (Lipinski definition) is 3. The molecule has 0 unspecified atom stereocenters. The Morgan fingerprint density at radius 2 is 1.64 bits per heavy atom. The zero-order valence-electron chi connectivity index (χ0n) is 14.1. The maximum absolute atomic E-state index is 10.4. The lowest BCUT2D eigenvalue weighted by Gasteiger charge is -2.07. The second kappa shape index (κ2) is 11.9. The van der Waals surface area contributed by atoms with Crippen molar-refractivity contribution < 1.29 is 19.7 Å². The first-order chi connectivity index (χ1) is 10.6. The molecular formula is C18H34O4. The molecule has 0 saturated carbocycles. The Bertz CT molecular complexity index is 293. The minimum Gasteiger partial charge on any atom is -0.481 e. The van der Waals surface area contributed by atoms with Crippen LogP contribution in [0.1, 0.15) is 90.4 Å². The molecule has 1 aliphatic heterocycles. The molecule has 1 fully saturated rings. The van der Waals surface area contributed by atoms with Gasteiger partial charge < -0.3 is 14.9 Å². The predicted molar refractivity (Wildman–Crippen MR) is 88.0 cm³/mol. The third-order valence-corrected chi connectivity index (χ3v) is 4.48. The molecule has 0 aromatic heterocycles. The van der Waals surface area contributed by atoms with Crippen molar-refractivity contribution in [2.24, 2.45) is 0 Å². The molecule has 0 bridgehead atoms. The van der Waals surface area contributed by atoms with Gasteiger partial charge in [-0.1, -0.05) is 64.7 Å². The van der Waals surface area contributed by atoms with Crippen molar-refractivity contribution in [1.29, 1.82) is 0 Å². The van der Waals surface area contributed by atoms with Gasteiger partial charge in [0, 0.05) is 6.42 Å². The SMILES string of the molecule is CCCCCCCC[C@@H]1O[C@@H]1[C@H](O)CCCCCCC(=O)O. The summed E-state index contributed by atoms with van der Waals surface area (Å²) in [4.78, 5) is 10.4. The van der Waals surface area contributed by atoms with E-state index in [1.54, 1.807) is 0 Å². The molecule has 2 N–H and O–H groups in total. The van der Waals surface area contributed by atoms with Gasteiger partial charge >= 0.3 is 5.97 Å². The molecule has 130 valence electrons. The van der Waals surface area contributed by atoms with Gasteiger partial charge in [-0.05, 0) is 19.3 Å². The van der Waals surface area contributed by atoms with Gasteiger partial charge in [0.25, 0.3) is 0 Å². The number of aliphatic carboxylic acids is 1. The van der Waals surface area contributed by atoms with Gasteiger partial charge in [0.1, 0.15) is 6.10 Å². The summed E-state index contributed by atoms with van der Waals surface area (Å²) in [5.41, 5.74) is 0. The van der Waals surface area contributed by atoms with Crippen molar-refractivity contribution in [3.05, 3.63) is 0 Å². The minimum atomic E-state index is -0.719. The van der Waals surface area contributed by atoms with E-state index >= 15 is 0 Å². The second-order valence-corrected chi connectivity index (χ2v) is 6.61. The van der Waals surface area contributed by atoms with E-state index < -0.39 is 5.97 Å². The van der Waals surface area contributed by atoms with Crippen LogP contribution in [0, 0.1) is 0 Å². The van der Waals surface area contributed by atoms with Crippen LogP contribution in [0.5, 0.6) is 0 Å². The first kappa shape index (κ1) is 19.4. The number of epoxide rings is 1. The Morgan fingerprint density at radius 3 is 2.36 bits per heavy atom. The molecule has 3 atom stereocenters. The van der Waals surface area contributed by atoms with Crippen molar-refractivity contribution >= 4 is 5.97 Å². The lowest BCUT2D eigenvalue weighted by molar-refractivity contribution is -0.137. The monoisotopic (exact) mass is 314 g/mol. The van der Waals surface area contributed by atoms with E-state index in [1.807, 2.05) is 0 Å². The molecule has 4 nitrogen and oxygen atoms in total. The lowest BCUT2D eigenvalue weighted by Crippen LogP contribution is -2.16. The molecule has 0 aromatic rings. The van der Waals surface area contributed by atoms with E-state index in [2.05, 4.69) is 6.92 Å². The third kappa shape index (κ3) is 9.42. The van der Waals surface area contributed by atoms with Gasteiger partial charge in [-0.25, -0.2) is 0 Å². The maximum Gasteiger partial charge on any atom is 0.303 e. The summed E-state index contributed by atoms with van der Waals surface area (Å²) in [6.07, 6.45) is 13.6. The summed E-state index contributed by atoms with van der Waals surface area (Å²) in [5.74, 6) is -0.719. The van der Waals surface area contributed by atoms with Crippen molar-refractivity contribution in [2.75, 3.05) is 0 Å². The smallest absolute Gasteiger partial charge is 0.303 e. The van der Waals surface area contributed by atoms with Crippen LogP contribution in [0.2, 0.25) is 0 Å². The average molecular weight is 314 g/mol. The molecule has 22 heavy (non-hydrogen) atoms. The summed E-state index contributed by atoms with van der Waals surface area (Å²) in [6.45, 7) is 2.23. The summed E-state index contributed by atoms with van der Waals surface area (Å²) < 4.78 is 5.59. The topological polar surface area (TPSA) is 70.1 Å². The van der Waals surface area contributed by atoms with Crippen molar-refractivity contribution in [3.8, 4) is 0 Å². The number of carboxylic acid groups (broad SMARTS) is 1. The molecule has 0 amide bonds. The Morgan fingerprint density at radius 1 is 1.00 bits per heavy atom. The highest BCUT2D eigenvalue weighted by molar-refractivity contribution is 5.66. The third-order valence-electron chi connectivity index (χ3n) is 4.48. The van der Waals surface area contributed by atoms with Crippen LogP contribution in [0.3, 0.4) is 0 Å². The molecule has 0 radical (unpaired) electrons. The first-order valence-corrected chi connectivity index (χ1v) is 9.20. The molecule has 1 rings (SSSR count). The van der Waals surface area contributed by atoms with E-state index in [0.717, 1.165) is 38.5 Å². The van der Waals surface area contributed by atoms with Crippen LogP contribution < -0.4 is 0 Å². The van der Waals surface area contributed by atoms with Crippen LogP contribution in [-0.2, 0) is 9.53 Å². The molecule has 1 saturated heterocycles. The number of ether oxygens (including phenoxy) is 1. The van der Waals surface area contributed by atoms with E-state index in [1.165, 1.54) is 38.5 Å². The summed E-state index contributed by atoms with van der Waals surface area (Å²) in [6, 6.07) is 0. The fourth-order valence-electron chi connectivity index (χ4n) is 3.00. The molecule has 0 aliphatic carbocycles. The second-order valence-electron chi connectivity index (χ2n) is 6.61. The van der Waals surface area contributed by atoms with Crippen molar-refractivity contribution in [1.82, 2.24) is 0 Å². The Labute approximate surface area is 135 Å². The van der Waals surface area contributed by atoms with Crippen LogP contribution >= 0.6 is 0 Å². The van der Waals surface area contributed by atoms with Gasteiger partial charge in [0.2, 0.25) is 0 Å². The molecule has 1 aliphatic rings. The van der Waals surface area contributed by atoms with Crippen LogP contribution in [0.4, 0.5) is 0 Å². The Hall–Kier alpha value is -0.610. The van der Waals surface area contributed by atoms with E-state index in [0.29, 0.717) is 0 Å². The average Bonchev–Trinajstić information content (AvgIpc) is 3.25. The highest BCUT2D eigenvalue weighted by Gasteiger charge is 2.42. The first-order valence-electron chi connectivity index (χ1n) is 9.20. The van der Waals surface area contributed by atoms with Gasteiger partial charge in [-0.3, -0.25) is 4.79 Å². The Balaban J connectivity index is 1.88. The zero-order chi connectivity index (χ0) is 16.2. The number of aliphatic hydroxyl groups is 1. The molecule has 4 heteroatoms. The number of unbranched alkanes of at least 4 members (excludes halogenated alkanes) is 8. The summed E-state index contributed by atoms with van der Waals surface area (Å²) in [5, 5.41) is 18.6. The van der Waals surface area contributed by atoms with Gasteiger partial charge in [-0.15, -0.1) is 0 Å². The molecular weight excluding hydrogens is 280 g/mol. The standard InChI is InChI=1S/C18H34O4/c1-2-3-4-5-6-10-13-16-18(22-16)15(19)12-9-7-8-11-14-17(20)21/h15-16,18-19H,2-14H2,1H3,(H,20,21)/t15-,16+,18-/m1/s1. The Kier molecular flexibility index (Phi) is 10.5. The van der Waals surface area contributed by atoms with Gasteiger partial charge in [-0.2, -0.15) is 0 Å². The van der Waals surface area contributed by atoms with E-state index in [9.17, 15) is 9.90 Å². The van der Waals surface area contributed by atoms with Crippen LogP contribution in [0.15, 0.2) is 0 Å². The number of carbonyl (C=O) groups is 1. The summed E-state index contributed by atoms with van der Waals surface area (Å²) >= 11 is 0. The number of aliphatic hydroxyl groups excluding tert-OH is 1. The zero-order valence-corrected chi connectivity index (χ0v) is 14.1. The number of hydrogen-bond donors (Lipinski definition) is 2. The maximum atomic E-state index is 10.4. The quantitative estimate of drug-likeness (QED) is 0.349. The van der Waals surface area contributed by atoms with Crippen molar-refractivity contribution in [3.63, 3.8) is 0 Å². The highest BCUT2D eigenvalue weighted by Crippen LogP contribution is 2.32. The lowest BCUT2D eigenvalue weighted by atomic mass is 10.0. The normalized spacial score (nSPS) is 21.7. The highest BCUT2D eigenvalue weighted by atomic mass is 16.6. The van der Waals surface area contributed by atoms with E-state index in [4.69, 9.17) is 9.84 Å².